The lowest BCUT2D eigenvalue weighted by Gasteiger charge is -2.23. The normalized spacial score (nSPS) is 20.0. The lowest BCUT2D eigenvalue weighted by Crippen LogP contribution is -2.44. The second-order valence-corrected chi connectivity index (χ2v) is 8.05. The van der Waals surface area contributed by atoms with Gasteiger partial charge in [-0.05, 0) is 38.4 Å². The SMILES string of the molecule is CC(=O)C1CN(S(=O)(=O)c2cccc3cncc(C)c23)CCCN1. The molecule has 7 heteroatoms. The second-order valence-electron chi connectivity index (χ2n) is 6.14. The maximum absolute atomic E-state index is 13.2. The Kier molecular flexibility index (Phi) is 4.67. The molecule has 2 aromatic rings. The first-order valence-corrected chi connectivity index (χ1v) is 9.42. The molecule has 1 aromatic carbocycles. The molecule has 24 heavy (non-hydrogen) atoms. The molecular formula is C17H21N3O3S. The molecule has 1 aliphatic rings. The van der Waals surface area contributed by atoms with Gasteiger partial charge in [-0.25, -0.2) is 8.42 Å². The summed E-state index contributed by atoms with van der Waals surface area (Å²) in [7, 11) is -3.69. The van der Waals surface area contributed by atoms with Gasteiger partial charge in [-0.3, -0.25) is 9.78 Å². The molecule has 0 aliphatic carbocycles. The van der Waals surface area contributed by atoms with Gasteiger partial charge < -0.3 is 5.32 Å². The number of nitrogens with one attached hydrogen (secondary N) is 1. The second kappa shape index (κ2) is 6.58. The number of nitrogens with zero attached hydrogens (tertiary/aromatic N) is 2. The number of hydrogen-bond acceptors (Lipinski definition) is 5. The number of fused-ring (bicyclic) bond motifs is 1. The summed E-state index contributed by atoms with van der Waals surface area (Å²) in [6.07, 6.45) is 4.02. The molecule has 1 atom stereocenters. The van der Waals surface area contributed by atoms with Crippen LogP contribution in [0.15, 0.2) is 35.5 Å². The van der Waals surface area contributed by atoms with Crippen molar-refractivity contribution in [2.45, 2.75) is 31.2 Å². The number of carbonyl (C=O) groups excluding carboxylic acids is 1. The summed E-state index contributed by atoms with van der Waals surface area (Å²) in [5.74, 6) is -0.0459. The van der Waals surface area contributed by atoms with Crippen LogP contribution in [0.3, 0.4) is 0 Å². The topological polar surface area (TPSA) is 79.4 Å². The number of aryl methyl sites for hydroxylation is 1. The smallest absolute Gasteiger partial charge is 0.243 e. The number of rotatable bonds is 3. The largest absolute Gasteiger partial charge is 0.306 e. The molecule has 0 radical (unpaired) electrons. The number of ketones is 1. The van der Waals surface area contributed by atoms with Crippen molar-refractivity contribution in [1.29, 1.82) is 0 Å². The quantitative estimate of drug-likeness (QED) is 0.910. The number of aromatic nitrogens is 1. The third-order valence-electron chi connectivity index (χ3n) is 4.40. The summed E-state index contributed by atoms with van der Waals surface area (Å²) in [6, 6.07) is 4.76. The average molecular weight is 347 g/mol. The van der Waals surface area contributed by atoms with Crippen LogP contribution in [0, 0.1) is 6.92 Å². The zero-order valence-corrected chi connectivity index (χ0v) is 14.6. The molecule has 3 rings (SSSR count). The molecule has 1 unspecified atom stereocenters. The van der Waals surface area contributed by atoms with Gasteiger partial charge in [0.15, 0.2) is 0 Å². The minimum Gasteiger partial charge on any atom is -0.306 e. The third-order valence-corrected chi connectivity index (χ3v) is 6.31. The van der Waals surface area contributed by atoms with Crippen molar-refractivity contribution < 1.29 is 13.2 Å². The van der Waals surface area contributed by atoms with Crippen LogP contribution in [0.2, 0.25) is 0 Å². The zero-order valence-electron chi connectivity index (χ0n) is 13.8. The number of carbonyl (C=O) groups is 1. The molecule has 1 aliphatic heterocycles. The van der Waals surface area contributed by atoms with Gasteiger partial charge in [-0.1, -0.05) is 12.1 Å². The van der Waals surface area contributed by atoms with E-state index in [4.69, 9.17) is 0 Å². The van der Waals surface area contributed by atoms with E-state index in [2.05, 4.69) is 10.3 Å². The van der Waals surface area contributed by atoms with Crippen LogP contribution in [-0.4, -0.2) is 49.2 Å². The van der Waals surface area contributed by atoms with Gasteiger partial charge in [-0.2, -0.15) is 4.31 Å². The highest BCUT2D eigenvalue weighted by molar-refractivity contribution is 7.89. The Balaban J connectivity index is 2.09. The fourth-order valence-corrected chi connectivity index (χ4v) is 4.89. The summed E-state index contributed by atoms with van der Waals surface area (Å²) >= 11 is 0. The van der Waals surface area contributed by atoms with Gasteiger partial charge in [0.2, 0.25) is 10.0 Å². The highest BCUT2D eigenvalue weighted by atomic mass is 32.2. The summed E-state index contributed by atoms with van der Waals surface area (Å²) in [5.41, 5.74) is 0.822. The van der Waals surface area contributed by atoms with Crippen LogP contribution >= 0.6 is 0 Å². The highest BCUT2D eigenvalue weighted by Gasteiger charge is 2.31. The summed E-state index contributed by atoms with van der Waals surface area (Å²) in [6.45, 7) is 4.55. The molecular weight excluding hydrogens is 326 g/mol. The van der Waals surface area contributed by atoms with E-state index in [1.807, 2.05) is 13.0 Å². The van der Waals surface area contributed by atoms with E-state index in [1.54, 1.807) is 24.5 Å². The predicted octanol–water partition coefficient (Wildman–Crippen LogP) is 1.48. The van der Waals surface area contributed by atoms with Crippen LogP contribution in [-0.2, 0) is 14.8 Å². The Morgan fingerprint density at radius 2 is 2.12 bits per heavy atom. The molecule has 1 N–H and O–H groups in total. The first kappa shape index (κ1) is 17.0. The first-order chi connectivity index (χ1) is 11.4. The molecule has 2 heterocycles. The number of pyridine rings is 1. The molecule has 1 saturated heterocycles. The van der Waals surface area contributed by atoms with E-state index in [1.165, 1.54) is 11.2 Å². The first-order valence-electron chi connectivity index (χ1n) is 7.98. The van der Waals surface area contributed by atoms with Crippen molar-refractivity contribution in [3.63, 3.8) is 0 Å². The number of Topliss-reactive ketones (excluding diaryl/α,β-unsaturated/α-hetero) is 1. The Morgan fingerprint density at radius 1 is 1.33 bits per heavy atom. The van der Waals surface area contributed by atoms with Crippen LogP contribution in [0.25, 0.3) is 10.8 Å². The minimum atomic E-state index is -3.69. The monoisotopic (exact) mass is 347 g/mol. The average Bonchev–Trinajstić information content (AvgIpc) is 2.81. The highest BCUT2D eigenvalue weighted by Crippen LogP contribution is 2.28. The van der Waals surface area contributed by atoms with Crippen molar-refractivity contribution in [2.75, 3.05) is 19.6 Å². The van der Waals surface area contributed by atoms with Crippen LogP contribution < -0.4 is 5.32 Å². The zero-order chi connectivity index (χ0) is 17.3. The standard InChI is InChI=1S/C17H21N3O3S/c1-12-9-18-10-14-5-3-6-16(17(12)14)24(22,23)20-8-4-7-19-15(11-20)13(2)21/h3,5-6,9-10,15,19H,4,7-8,11H2,1-2H3. The van der Waals surface area contributed by atoms with E-state index in [-0.39, 0.29) is 17.2 Å². The molecule has 0 amide bonds. The molecule has 6 nitrogen and oxygen atoms in total. The van der Waals surface area contributed by atoms with Gasteiger partial charge in [-0.15, -0.1) is 0 Å². The van der Waals surface area contributed by atoms with Gasteiger partial charge in [0, 0.05) is 36.3 Å². The van der Waals surface area contributed by atoms with Gasteiger partial charge >= 0.3 is 0 Å². The van der Waals surface area contributed by atoms with Crippen LogP contribution in [0.5, 0.6) is 0 Å². The molecule has 1 fully saturated rings. The maximum Gasteiger partial charge on any atom is 0.243 e. The summed E-state index contributed by atoms with van der Waals surface area (Å²) < 4.78 is 27.9. The van der Waals surface area contributed by atoms with Crippen molar-refractivity contribution in [3.05, 3.63) is 36.2 Å². The number of hydrogen-bond donors (Lipinski definition) is 1. The van der Waals surface area contributed by atoms with Gasteiger partial charge in [0.05, 0.1) is 10.9 Å². The Hall–Kier alpha value is -1.83. The number of sulfonamides is 1. The van der Waals surface area contributed by atoms with Crippen molar-refractivity contribution in [3.8, 4) is 0 Å². The molecule has 0 spiro atoms. The number of benzene rings is 1. The summed E-state index contributed by atoms with van der Waals surface area (Å²) in [4.78, 5) is 16.2. The third kappa shape index (κ3) is 3.07. The van der Waals surface area contributed by atoms with E-state index < -0.39 is 16.1 Å². The van der Waals surface area contributed by atoms with Crippen molar-refractivity contribution in [1.82, 2.24) is 14.6 Å². The molecule has 0 saturated carbocycles. The Bertz CT molecular complexity index is 875. The molecule has 1 aromatic heterocycles. The summed E-state index contributed by atoms with van der Waals surface area (Å²) in [5, 5.41) is 4.61. The lowest BCUT2D eigenvalue weighted by atomic mass is 10.1. The van der Waals surface area contributed by atoms with Crippen LogP contribution in [0.1, 0.15) is 18.9 Å². The van der Waals surface area contributed by atoms with E-state index in [0.29, 0.717) is 24.9 Å². The van der Waals surface area contributed by atoms with E-state index in [0.717, 1.165) is 10.9 Å². The molecule has 128 valence electrons. The van der Waals surface area contributed by atoms with E-state index >= 15 is 0 Å². The van der Waals surface area contributed by atoms with Crippen molar-refractivity contribution in [2.24, 2.45) is 0 Å². The lowest BCUT2D eigenvalue weighted by molar-refractivity contribution is -0.119. The minimum absolute atomic E-state index is 0.0459. The Labute approximate surface area is 141 Å². The van der Waals surface area contributed by atoms with E-state index in [9.17, 15) is 13.2 Å². The molecule has 0 bridgehead atoms. The Morgan fingerprint density at radius 3 is 2.88 bits per heavy atom. The fraction of sp³-hybridized carbons (Fsp3) is 0.412. The maximum atomic E-state index is 13.2. The van der Waals surface area contributed by atoms with Gasteiger partial charge in [0.25, 0.3) is 0 Å². The van der Waals surface area contributed by atoms with Gasteiger partial charge in [0.1, 0.15) is 5.78 Å². The predicted molar refractivity (Wildman–Crippen MR) is 92.3 cm³/mol. The fourth-order valence-electron chi connectivity index (χ4n) is 3.11. The van der Waals surface area contributed by atoms with Crippen molar-refractivity contribution >= 4 is 26.6 Å². The van der Waals surface area contributed by atoms with Crippen LogP contribution in [0.4, 0.5) is 0 Å².